The number of nitrogens with zero attached hydrogens (tertiary/aromatic N) is 2. The summed E-state index contributed by atoms with van der Waals surface area (Å²) in [6.45, 7) is 4.56. The maximum Gasteiger partial charge on any atom is 0.267 e. The second-order valence-corrected chi connectivity index (χ2v) is 6.78. The quantitative estimate of drug-likeness (QED) is 0.781. The molecule has 140 valence electrons. The molecule has 0 N–H and O–H groups in total. The Morgan fingerprint density at radius 3 is 2.26 bits per heavy atom. The fourth-order valence-electron chi connectivity index (χ4n) is 3.44. The van der Waals surface area contributed by atoms with Crippen molar-refractivity contribution in [3.63, 3.8) is 0 Å². The molecule has 0 aliphatic carbocycles. The molecule has 1 amide bonds. The van der Waals surface area contributed by atoms with Crippen LogP contribution in [0.4, 0.5) is 5.69 Å². The van der Waals surface area contributed by atoms with E-state index in [2.05, 4.69) is 4.90 Å². The van der Waals surface area contributed by atoms with Gasteiger partial charge in [0.1, 0.15) is 6.61 Å². The number of benzene rings is 2. The Balaban J connectivity index is 1.35. The van der Waals surface area contributed by atoms with Gasteiger partial charge in [0.25, 0.3) is 5.91 Å². The molecule has 2 aliphatic heterocycles. The summed E-state index contributed by atoms with van der Waals surface area (Å²) in [5, 5.41) is 0. The number of amides is 1. The number of anilines is 1. The summed E-state index contributed by atoms with van der Waals surface area (Å²) in [7, 11) is 0. The van der Waals surface area contributed by atoms with Crippen LogP contribution < -0.4 is 14.4 Å². The number of ether oxygens (including phenoxy) is 2. The standard InChI is InChI=1S/C21H22N2O4/c1-15(24)16-6-8-17(9-7-16)22-10-12-23(13-11-22)21(25)20-14-26-18-4-2-3-5-19(18)27-20/h2-9,20H,10-14H2,1H3/t20-/m0/s1. The summed E-state index contributed by atoms with van der Waals surface area (Å²) in [4.78, 5) is 28.2. The van der Waals surface area contributed by atoms with Crippen molar-refractivity contribution in [2.24, 2.45) is 0 Å². The Morgan fingerprint density at radius 1 is 0.926 bits per heavy atom. The van der Waals surface area contributed by atoms with Crippen LogP contribution in [0.15, 0.2) is 48.5 Å². The molecule has 0 bridgehead atoms. The van der Waals surface area contributed by atoms with Crippen molar-refractivity contribution in [2.75, 3.05) is 37.7 Å². The van der Waals surface area contributed by atoms with Gasteiger partial charge in [-0.25, -0.2) is 0 Å². The van der Waals surface area contributed by atoms with Crippen molar-refractivity contribution < 1.29 is 19.1 Å². The molecular weight excluding hydrogens is 344 g/mol. The van der Waals surface area contributed by atoms with Crippen LogP contribution in [0.1, 0.15) is 17.3 Å². The minimum atomic E-state index is -0.596. The van der Waals surface area contributed by atoms with Gasteiger partial charge in [-0.05, 0) is 43.3 Å². The van der Waals surface area contributed by atoms with Gasteiger partial charge in [-0.2, -0.15) is 0 Å². The Bertz CT molecular complexity index is 842. The van der Waals surface area contributed by atoms with Gasteiger partial charge in [0.05, 0.1) is 0 Å². The number of ketones is 1. The van der Waals surface area contributed by atoms with Gasteiger partial charge in [0.2, 0.25) is 6.10 Å². The highest BCUT2D eigenvalue weighted by Crippen LogP contribution is 2.31. The van der Waals surface area contributed by atoms with E-state index in [4.69, 9.17) is 9.47 Å². The van der Waals surface area contributed by atoms with Crippen LogP contribution in [-0.4, -0.2) is 55.5 Å². The molecule has 4 rings (SSSR count). The molecule has 0 radical (unpaired) electrons. The van der Waals surface area contributed by atoms with Crippen LogP contribution in [0.3, 0.4) is 0 Å². The molecule has 0 spiro atoms. The lowest BCUT2D eigenvalue weighted by Gasteiger charge is -2.38. The molecule has 0 aromatic heterocycles. The summed E-state index contributed by atoms with van der Waals surface area (Å²) >= 11 is 0. The van der Waals surface area contributed by atoms with E-state index in [1.54, 1.807) is 6.92 Å². The Hall–Kier alpha value is -3.02. The normalized spacial score (nSPS) is 18.9. The van der Waals surface area contributed by atoms with E-state index in [0.717, 1.165) is 18.8 Å². The molecule has 0 unspecified atom stereocenters. The van der Waals surface area contributed by atoms with Crippen molar-refractivity contribution in [1.82, 2.24) is 4.90 Å². The van der Waals surface area contributed by atoms with Gasteiger partial charge in [-0.1, -0.05) is 12.1 Å². The van der Waals surface area contributed by atoms with E-state index in [1.165, 1.54) is 0 Å². The molecule has 1 fully saturated rings. The lowest BCUT2D eigenvalue weighted by Crippen LogP contribution is -2.54. The first-order valence-electron chi connectivity index (χ1n) is 9.15. The number of carbonyl (C=O) groups excluding carboxylic acids is 2. The molecule has 2 aromatic carbocycles. The summed E-state index contributed by atoms with van der Waals surface area (Å²) in [5.41, 5.74) is 1.78. The van der Waals surface area contributed by atoms with Crippen molar-refractivity contribution >= 4 is 17.4 Å². The average Bonchev–Trinajstić information content (AvgIpc) is 2.73. The zero-order valence-electron chi connectivity index (χ0n) is 15.3. The predicted octanol–water partition coefficient (Wildman–Crippen LogP) is 2.38. The smallest absolute Gasteiger partial charge is 0.267 e. The number of piperazine rings is 1. The maximum atomic E-state index is 12.8. The highest BCUT2D eigenvalue weighted by atomic mass is 16.6. The molecule has 2 aliphatic rings. The van der Waals surface area contributed by atoms with Crippen molar-refractivity contribution in [2.45, 2.75) is 13.0 Å². The topological polar surface area (TPSA) is 59.1 Å². The Labute approximate surface area is 158 Å². The van der Waals surface area contributed by atoms with E-state index in [9.17, 15) is 9.59 Å². The van der Waals surface area contributed by atoms with Gasteiger partial charge >= 0.3 is 0 Å². The molecule has 6 heteroatoms. The number of para-hydroxylation sites is 2. The minimum Gasteiger partial charge on any atom is -0.485 e. The third-order valence-electron chi connectivity index (χ3n) is 5.01. The van der Waals surface area contributed by atoms with E-state index >= 15 is 0 Å². The van der Waals surface area contributed by atoms with Crippen LogP contribution in [-0.2, 0) is 4.79 Å². The number of rotatable bonds is 3. The summed E-state index contributed by atoms with van der Waals surface area (Å²) in [6, 6.07) is 15.0. The van der Waals surface area contributed by atoms with Gasteiger partial charge < -0.3 is 19.3 Å². The predicted molar refractivity (Wildman–Crippen MR) is 102 cm³/mol. The molecule has 27 heavy (non-hydrogen) atoms. The third kappa shape index (κ3) is 3.60. The van der Waals surface area contributed by atoms with Crippen molar-refractivity contribution in [3.05, 3.63) is 54.1 Å². The molecule has 1 atom stereocenters. The third-order valence-corrected chi connectivity index (χ3v) is 5.01. The van der Waals surface area contributed by atoms with Gasteiger partial charge in [0.15, 0.2) is 17.3 Å². The second-order valence-electron chi connectivity index (χ2n) is 6.78. The lowest BCUT2D eigenvalue weighted by molar-refractivity contribution is -0.141. The number of Topliss-reactive ketones (excluding diaryl/α,β-unsaturated/α-hetero) is 1. The molecule has 2 heterocycles. The first-order chi connectivity index (χ1) is 13.1. The summed E-state index contributed by atoms with van der Waals surface area (Å²) in [6.07, 6.45) is -0.596. The lowest BCUT2D eigenvalue weighted by atomic mass is 10.1. The molecule has 1 saturated heterocycles. The zero-order valence-corrected chi connectivity index (χ0v) is 15.3. The number of carbonyl (C=O) groups is 2. The van der Waals surface area contributed by atoms with Crippen LogP contribution in [0.2, 0.25) is 0 Å². The van der Waals surface area contributed by atoms with E-state index < -0.39 is 6.10 Å². The first-order valence-corrected chi connectivity index (χ1v) is 9.15. The van der Waals surface area contributed by atoms with E-state index in [1.807, 2.05) is 53.4 Å². The van der Waals surface area contributed by atoms with Crippen LogP contribution in [0.25, 0.3) is 0 Å². The Morgan fingerprint density at radius 2 is 1.59 bits per heavy atom. The summed E-state index contributed by atoms with van der Waals surface area (Å²) in [5.74, 6) is 1.33. The van der Waals surface area contributed by atoms with Crippen LogP contribution in [0.5, 0.6) is 11.5 Å². The highest BCUT2D eigenvalue weighted by Gasteiger charge is 2.32. The first kappa shape index (κ1) is 17.4. The zero-order chi connectivity index (χ0) is 18.8. The van der Waals surface area contributed by atoms with E-state index in [0.29, 0.717) is 30.2 Å². The second kappa shape index (κ2) is 7.31. The largest absolute Gasteiger partial charge is 0.485 e. The molecule has 2 aromatic rings. The number of fused-ring (bicyclic) bond motifs is 1. The maximum absolute atomic E-state index is 12.8. The van der Waals surface area contributed by atoms with Crippen molar-refractivity contribution in [3.8, 4) is 11.5 Å². The fourth-order valence-corrected chi connectivity index (χ4v) is 3.44. The monoisotopic (exact) mass is 366 g/mol. The Kier molecular flexibility index (Phi) is 4.71. The van der Waals surface area contributed by atoms with Crippen LogP contribution in [0, 0.1) is 0 Å². The highest BCUT2D eigenvalue weighted by molar-refractivity contribution is 5.94. The summed E-state index contributed by atoms with van der Waals surface area (Å²) < 4.78 is 11.5. The van der Waals surface area contributed by atoms with E-state index in [-0.39, 0.29) is 18.3 Å². The molecule has 6 nitrogen and oxygen atoms in total. The number of hydrogen-bond donors (Lipinski definition) is 0. The van der Waals surface area contributed by atoms with Crippen LogP contribution >= 0.6 is 0 Å². The SMILES string of the molecule is CC(=O)c1ccc(N2CCN(C(=O)[C@@H]3COc4ccccc4O3)CC2)cc1. The minimum absolute atomic E-state index is 0.0314. The fraction of sp³-hybridized carbons (Fsp3) is 0.333. The molecule has 0 saturated carbocycles. The average molecular weight is 366 g/mol. The van der Waals surface area contributed by atoms with Gasteiger partial charge in [0, 0.05) is 37.4 Å². The van der Waals surface area contributed by atoms with Gasteiger partial charge in [-0.15, -0.1) is 0 Å². The van der Waals surface area contributed by atoms with Gasteiger partial charge in [-0.3, -0.25) is 9.59 Å². The molecular formula is C21H22N2O4. The number of hydrogen-bond acceptors (Lipinski definition) is 5. The van der Waals surface area contributed by atoms with Crippen molar-refractivity contribution in [1.29, 1.82) is 0 Å².